The zero-order valence-electron chi connectivity index (χ0n) is 12.5. The van der Waals surface area contributed by atoms with Crippen LogP contribution in [-0.2, 0) is 45.4 Å². The zero-order valence-corrected chi connectivity index (χ0v) is 15.0. The number of nitrogens with one attached hydrogen (secondary N) is 1. The lowest BCUT2D eigenvalue weighted by Gasteiger charge is -2.12. The zero-order chi connectivity index (χ0) is 19.3. The van der Waals surface area contributed by atoms with E-state index in [1.807, 2.05) is 0 Å². The van der Waals surface area contributed by atoms with Gasteiger partial charge in [-0.1, -0.05) is 6.07 Å². The monoisotopic (exact) mass is 420 g/mol. The van der Waals surface area contributed by atoms with E-state index < -0.39 is 49.6 Å². The number of nitrogens with two attached hydrogens (primary N) is 1. The Kier molecular flexibility index (Phi) is 7.27. The highest BCUT2D eigenvalue weighted by Crippen LogP contribution is 2.22. The van der Waals surface area contributed by atoms with Crippen molar-refractivity contribution in [1.29, 1.82) is 0 Å². The number of anilines is 1. The summed E-state index contributed by atoms with van der Waals surface area (Å²) in [6, 6.07) is 3.89. The van der Waals surface area contributed by atoms with Gasteiger partial charge in [0.1, 0.15) is 0 Å². The van der Waals surface area contributed by atoms with Gasteiger partial charge in [0.25, 0.3) is 0 Å². The van der Waals surface area contributed by atoms with Gasteiger partial charge in [-0.05, 0) is 24.1 Å². The van der Waals surface area contributed by atoms with E-state index in [9.17, 15) is 25.3 Å². The highest BCUT2D eigenvalue weighted by molar-refractivity contribution is 7.91. The summed E-state index contributed by atoms with van der Waals surface area (Å²) in [5.74, 6) is 4.42. The van der Waals surface area contributed by atoms with E-state index in [1.165, 1.54) is 12.1 Å². The second kappa shape index (κ2) is 8.37. The molecular weight excluding hydrogens is 404 g/mol. The molecule has 0 saturated heterocycles. The lowest BCUT2D eigenvalue weighted by Crippen LogP contribution is -2.18. The standard InChI is InChI=1S/C10H16N2O10S3/c11-12-9-2-1-8(3-4-21-24(15,16)17)10(7-9)23(13,14)6-5-22-25(18,19)20/h1-2,7,12H,3-6,11H2,(H,15,16,17)(H,18,19,20). The molecule has 15 heteroatoms. The molecule has 1 aromatic carbocycles. The molecule has 0 saturated carbocycles. The number of hydrogen-bond donors (Lipinski definition) is 4. The lowest BCUT2D eigenvalue weighted by molar-refractivity contribution is 0.271. The van der Waals surface area contributed by atoms with E-state index in [1.54, 1.807) is 0 Å². The minimum atomic E-state index is -4.79. The van der Waals surface area contributed by atoms with Gasteiger partial charge in [-0.3, -0.25) is 14.9 Å². The van der Waals surface area contributed by atoms with E-state index in [-0.39, 0.29) is 22.6 Å². The van der Waals surface area contributed by atoms with Crippen molar-refractivity contribution < 1.29 is 42.7 Å². The number of nitrogen functional groups attached to an aromatic ring is 1. The molecule has 12 nitrogen and oxygen atoms in total. The molecule has 1 rings (SSSR count). The van der Waals surface area contributed by atoms with Crippen molar-refractivity contribution in [3.63, 3.8) is 0 Å². The highest BCUT2D eigenvalue weighted by Gasteiger charge is 2.21. The van der Waals surface area contributed by atoms with E-state index in [0.29, 0.717) is 0 Å². The third-order valence-corrected chi connectivity index (χ3v) is 5.44. The van der Waals surface area contributed by atoms with Gasteiger partial charge in [0.15, 0.2) is 9.84 Å². The normalized spacial score (nSPS) is 12.9. The molecular formula is C10H16N2O10S3. The summed E-state index contributed by atoms with van der Waals surface area (Å²) in [4.78, 5) is -0.277. The van der Waals surface area contributed by atoms with Crippen LogP contribution in [0.1, 0.15) is 5.56 Å². The second-order valence-electron chi connectivity index (χ2n) is 4.54. The first-order valence-electron chi connectivity index (χ1n) is 6.40. The first kappa shape index (κ1) is 21.7. The molecule has 0 aliphatic heterocycles. The van der Waals surface area contributed by atoms with Crippen LogP contribution < -0.4 is 11.3 Å². The summed E-state index contributed by atoms with van der Waals surface area (Å²) in [6.45, 7) is -1.36. The SMILES string of the molecule is NNc1ccc(CCOS(=O)(=O)O)c(S(=O)(=O)CCOS(=O)(=O)O)c1. The average molecular weight is 420 g/mol. The Bertz CT molecular complexity index is 908. The van der Waals surface area contributed by atoms with Crippen molar-refractivity contribution in [2.24, 2.45) is 5.84 Å². The van der Waals surface area contributed by atoms with E-state index >= 15 is 0 Å². The van der Waals surface area contributed by atoms with Crippen LogP contribution in [0, 0.1) is 0 Å². The predicted molar refractivity (Wildman–Crippen MR) is 85.0 cm³/mol. The van der Waals surface area contributed by atoms with Crippen molar-refractivity contribution in [2.45, 2.75) is 11.3 Å². The van der Waals surface area contributed by atoms with Crippen LogP contribution in [0.25, 0.3) is 0 Å². The van der Waals surface area contributed by atoms with Crippen LogP contribution in [-0.4, -0.2) is 53.3 Å². The van der Waals surface area contributed by atoms with Gasteiger partial charge in [-0.25, -0.2) is 16.8 Å². The van der Waals surface area contributed by atoms with Gasteiger partial charge in [0, 0.05) is 5.69 Å². The number of benzene rings is 1. The van der Waals surface area contributed by atoms with Gasteiger partial charge < -0.3 is 5.43 Å². The third-order valence-electron chi connectivity index (χ3n) is 2.76. The number of rotatable bonds is 10. The number of sulfone groups is 1. The maximum Gasteiger partial charge on any atom is 0.397 e. The van der Waals surface area contributed by atoms with E-state index in [4.69, 9.17) is 14.9 Å². The molecule has 1 aromatic rings. The van der Waals surface area contributed by atoms with E-state index in [0.717, 1.165) is 6.07 Å². The topological polar surface area (TPSA) is 199 Å². The summed E-state index contributed by atoms with van der Waals surface area (Å²) in [6.07, 6.45) is -0.196. The van der Waals surface area contributed by atoms with Crippen LogP contribution in [0.2, 0.25) is 0 Å². The van der Waals surface area contributed by atoms with Crippen LogP contribution in [0.15, 0.2) is 23.1 Å². The Hall–Kier alpha value is -1.33. The van der Waals surface area contributed by atoms with Gasteiger partial charge >= 0.3 is 20.8 Å². The van der Waals surface area contributed by atoms with Crippen molar-refractivity contribution in [2.75, 3.05) is 24.4 Å². The van der Waals surface area contributed by atoms with Crippen LogP contribution >= 0.6 is 0 Å². The minimum Gasteiger partial charge on any atom is -0.324 e. The molecule has 0 bridgehead atoms. The van der Waals surface area contributed by atoms with Crippen LogP contribution in [0.5, 0.6) is 0 Å². The fourth-order valence-electron chi connectivity index (χ4n) is 1.76. The second-order valence-corrected chi connectivity index (χ2v) is 8.80. The molecule has 0 aromatic heterocycles. The molecule has 0 fully saturated rings. The average Bonchev–Trinajstić information content (AvgIpc) is 2.44. The van der Waals surface area contributed by atoms with Crippen LogP contribution in [0.3, 0.4) is 0 Å². The summed E-state index contributed by atoms with van der Waals surface area (Å²) in [5, 5.41) is 0. The maximum absolute atomic E-state index is 12.3. The quantitative estimate of drug-likeness (QED) is 0.203. The van der Waals surface area contributed by atoms with Gasteiger partial charge in [-0.15, -0.1) is 0 Å². The van der Waals surface area contributed by atoms with Crippen LogP contribution in [0.4, 0.5) is 5.69 Å². The Labute approximate surface area is 144 Å². The minimum absolute atomic E-state index is 0.134. The fourth-order valence-corrected chi connectivity index (χ4v) is 3.85. The molecule has 0 atom stereocenters. The molecule has 0 aliphatic carbocycles. The predicted octanol–water partition coefficient (Wildman–Crippen LogP) is -1.07. The highest BCUT2D eigenvalue weighted by atomic mass is 32.3. The smallest absolute Gasteiger partial charge is 0.324 e. The Morgan fingerprint density at radius 1 is 0.960 bits per heavy atom. The van der Waals surface area contributed by atoms with Gasteiger partial charge in [0.05, 0.1) is 23.9 Å². The van der Waals surface area contributed by atoms with Gasteiger partial charge in [0.2, 0.25) is 0 Å². The molecule has 144 valence electrons. The summed E-state index contributed by atoms with van der Waals surface area (Å²) < 4.78 is 91.7. The first-order valence-corrected chi connectivity index (χ1v) is 10.8. The summed E-state index contributed by atoms with van der Waals surface area (Å²) in [7, 11) is -13.6. The molecule has 0 unspecified atom stereocenters. The summed E-state index contributed by atoms with van der Waals surface area (Å²) >= 11 is 0. The largest absolute Gasteiger partial charge is 0.397 e. The maximum atomic E-state index is 12.3. The Morgan fingerprint density at radius 3 is 2.04 bits per heavy atom. The molecule has 0 aliphatic rings. The molecule has 0 radical (unpaired) electrons. The van der Waals surface area contributed by atoms with Gasteiger partial charge in [-0.2, -0.15) is 16.8 Å². The number of hydrogen-bond acceptors (Lipinski definition) is 10. The molecule has 25 heavy (non-hydrogen) atoms. The Balaban J connectivity index is 3.04. The Morgan fingerprint density at radius 2 is 1.52 bits per heavy atom. The molecule has 0 heterocycles. The molecule has 0 amide bonds. The lowest BCUT2D eigenvalue weighted by atomic mass is 10.1. The molecule has 5 N–H and O–H groups in total. The van der Waals surface area contributed by atoms with Crippen molar-refractivity contribution in [3.8, 4) is 0 Å². The first-order chi connectivity index (χ1) is 11.3. The van der Waals surface area contributed by atoms with Crippen molar-refractivity contribution in [1.82, 2.24) is 0 Å². The number of hydrazine groups is 1. The third kappa shape index (κ3) is 8.06. The fraction of sp³-hybridized carbons (Fsp3) is 0.400. The van der Waals surface area contributed by atoms with Crippen molar-refractivity contribution >= 4 is 36.3 Å². The molecule has 0 spiro atoms. The van der Waals surface area contributed by atoms with Crippen molar-refractivity contribution in [3.05, 3.63) is 23.8 Å². The summed E-state index contributed by atoms with van der Waals surface area (Å²) in [5.41, 5.74) is 2.58. The van der Waals surface area contributed by atoms with E-state index in [2.05, 4.69) is 13.8 Å².